The van der Waals surface area contributed by atoms with Crippen LogP contribution < -0.4 is 10.4 Å². The van der Waals surface area contributed by atoms with Gasteiger partial charge < -0.3 is 4.52 Å². The second-order valence-corrected chi connectivity index (χ2v) is 8.97. The highest BCUT2D eigenvalue weighted by molar-refractivity contribution is 9.10. The summed E-state index contributed by atoms with van der Waals surface area (Å²) < 4.78 is 36.4. The Hall–Kier alpha value is -1.91. The average molecular weight is 443 g/mol. The van der Waals surface area contributed by atoms with E-state index < -0.39 is 10.0 Å². The molecule has 0 amide bonds. The summed E-state index contributed by atoms with van der Waals surface area (Å²) in [6.45, 7) is 3.98. The van der Waals surface area contributed by atoms with E-state index in [-0.39, 0.29) is 23.0 Å². The summed E-state index contributed by atoms with van der Waals surface area (Å²) in [5.74, 6) is 0.121. The molecule has 26 heavy (non-hydrogen) atoms. The number of hydrogen-bond donors (Lipinski definition) is 1. The zero-order valence-corrected chi connectivity index (χ0v) is 17.2. The Labute approximate surface area is 159 Å². The molecule has 1 aromatic carbocycles. The first-order valence-electron chi connectivity index (χ1n) is 7.91. The first-order chi connectivity index (χ1) is 12.1. The van der Waals surface area contributed by atoms with Crippen molar-refractivity contribution in [2.75, 3.05) is 0 Å². The molecule has 2 aromatic heterocycles. The average Bonchev–Trinajstić information content (AvgIpc) is 3.13. The Morgan fingerprint density at radius 2 is 1.85 bits per heavy atom. The van der Waals surface area contributed by atoms with Gasteiger partial charge in [-0.15, -0.1) is 0 Å². The lowest BCUT2D eigenvalue weighted by Crippen LogP contribution is -2.24. The number of benzene rings is 1. The largest absolute Gasteiger partial charge is 0.364 e. The molecule has 0 bridgehead atoms. The van der Waals surface area contributed by atoms with Crippen molar-refractivity contribution in [1.29, 1.82) is 0 Å². The predicted molar refractivity (Wildman–Crippen MR) is 100 cm³/mol. The number of halogens is 1. The highest BCUT2D eigenvalue weighted by atomic mass is 79.9. The van der Waals surface area contributed by atoms with Gasteiger partial charge in [-0.3, -0.25) is 9.13 Å². The van der Waals surface area contributed by atoms with Crippen LogP contribution in [-0.4, -0.2) is 22.7 Å². The number of nitrogens with one attached hydrogen (secondary N) is 1. The molecule has 0 aliphatic carbocycles. The maximum Gasteiger partial charge on any atom is 0.328 e. The summed E-state index contributed by atoms with van der Waals surface area (Å²) in [6.07, 6.45) is 1.44. The summed E-state index contributed by atoms with van der Waals surface area (Å²) in [6, 6.07) is 3.12. The van der Waals surface area contributed by atoms with E-state index in [2.05, 4.69) is 25.8 Å². The predicted octanol–water partition coefficient (Wildman–Crippen LogP) is 2.23. The van der Waals surface area contributed by atoms with Crippen molar-refractivity contribution < 1.29 is 12.9 Å². The Balaban J connectivity index is 1.99. The summed E-state index contributed by atoms with van der Waals surface area (Å²) in [5, 5.41) is 3.91. The molecule has 0 spiro atoms. The van der Waals surface area contributed by atoms with Crippen molar-refractivity contribution in [1.82, 2.24) is 19.0 Å². The fraction of sp³-hybridized carbons (Fsp3) is 0.375. The molecule has 10 heteroatoms. The van der Waals surface area contributed by atoms with E-state index in [4.69, 9.17) is 4.52 Å². The second-order valence-electron chi connectivity index (χ2n) is 6.38. The standard InChI is InChI=1S/C16H19BrN4O4S/c1-9(2)15-10(8-25-19-15)7-18-26(23,24)14-6-13-12(5-11(14)17)20(3)16(22)21(13)4/h5-6,8-9,18H,7H2,1-4H3. The van der Waals surface area contributed by atoms with Crippen molar-refractivity contribution in [2.45, 2.75) is 31.2 Å². The summed E-state index contributed by atoms with van der Waals surface area (Å²) in [5.41, 5.74) is 2.36. The monoisotopic (exact) mass is 442 g/mol. The lowest BCUT2D eigenvalue weighted by atomic mass is 10.1. The highest BCUT2D eigenvalue weighted by Crippen LogP contribution is 2.27. The molecule has 0 saturated heterocycles. The fourth-order valence-corrected chi connectivity index (χ4v) is 4.89. The number of rotatable bonds is 5. The Morgan fingerprint density at radius 1 is 1.23 bits per heavy atom. The highest BCUT2D eigenvalue weighted by Gasteiger charge is 2.22. The number of aryl methyl sites for hydroxylation is 2. The van der Waals surface area contributed by atoms with Gasteiger partial charge in [-0.25, -0.2) is 17.9 Å². The van der Waals surface area contributed by atoms with Gasteiger partial charge in [0.15, 0.2) is 0 Å². The van der Waals surface area contributed by atoms with Crippen molar-refractivity contribution in [3.8, 4) is 0 Å². The first-order valence-corrected chi connectivity index (χ1v) is 10.2. The Kier molecular flexibility index (Phi) is 4.84. The van der Waals surface area contributed by atoms with Crippen LogP contribution in [0.5, 0.6) is 0 Å². The summed E-state index contributed by atoms with van der Waals surface area (Å²) in [7, 11) is -0.565. The molecule has 2 heterocycles. The number of sulfonamides is 1. The molecule has 0 aliphatic heterocycles. The van der Waals surface area contributed by atoms with Gasteiger partial charge in [0.05, 0.1) is 21.6 Å². The zero-order valence-electron chi connectivity index (χ0n) is 14.8. The summed E-state index contributed by atoms with van der Waals surface area (Å²) >= 11 is 3.30. The minimum Gasteiger partial charge on any atom is -0.364 e. The maximum absolute atomic E-state index is 12.8. The third-order valence-electron chi connectivity index (χ3n) is 4.29. The van der Waals surface area contributed by atoms with Crippen LogP contribution in [0.4, 0.5) is 0 Å². The SMILES string of the molecule is CC(C)c1nocc1CNS(=O)(=O)c1cc2c(cc1Br)n(C)c(=O)n2C. The van der Waals surface area contributed by atoms with Gasteiger partial charge in [0.1, 0.15) is 6.26 Å². The van der Waals surface area contributed by atoms with E-state index in [0.29, 0.717) is 26.8 Å². The van der Waals surface area contributed by atoms with E-state index in [9.17, 15) is 13.2 Å². The molecule has 0 unspecified atom stereocenters. The van der Waals surface area contributed by atoms with Crippen LogP contribution in [0.15, 0.2) is 37.1 Å². The van der Waals surface area contributed by atoms with Gasteiger partial charge in [-0.1, -0.05) is 19.0 Å². The molecule has 0 radical (unpaired) electrons. The van der Waals surface area contributed by atoms with Crippen LogP contribution in [-0.2, 0) is 30.7 Å². The zero-order chi connectivity index (χ0) is 19.2. The normalized spacial score (nSPS) is 12.4. The van der Waals surface area contributed by atoms with Crippen molar-refractivity contribution in [2.24, 2.45) is 14.1 Å². The van der Waals surface area contributed by atoms with Crippen LogP contribution >= 0.6 is 15.9 Å². The van der Waals surface area contributed by atoms with Crippen molar-refractivity contribution in [3.05, 3.63) is 44.6 Å². The number of imidazole rings is 1. The van der Waals surface area contributed by atoms with Gasteiger partial charge >= 0.3 is 5.69 Å². The van der Waals surface area contributed by atoms with E-state index in [1.165, 1.54) is 21.5 Å². The van der Waals surface area contributed by atoms with Crippen molar-refractivity contribution in [3.63, 3.8) is 0 Å². The number of fused-ring (bicyclic) bond motifs is 1. The smallest absolute Gasteiger partial charge is 0.328 e. The van der Waals surface area contributed by atoms with Gasteiger partial charge in [0.25, 0.3) is 0 Å². The molecule has 0 saturated carbocycles. The molecule has 1 N–H and O–H groups in total. The minimum absolute atomic E-state index is 0.0637. The quantitative estimate of drug-likeness (QED) is 0.652. The van der Waals surface area contributed by atoms with E-state index in [1.807, 2.05) is 13.8 Å². The molecule has 3 rings (SSSR count). The molecule has 0 aliphatic rings. The topological polar surface area (TPSA) is 99.1 Å². The van der Waals surface area contributed by atoms with Crippen LogP contribution in [0.3, 0.4) is 0 Å². The molecule has 3 aromatic rings. The Morgan fingerprint density at radius 3 is 2.46 bits per heavy atom. The van der Waals surface area contributed by atoms with Crippen LogP contribution in [0.2, 0.25) is 0 Å². The lowest BCUT2D eigenvalue weighted by molar-refractivity contribution is 0.408. The van der Waals surface area contributed by atoms with Gasteiger partial charge in [-0.05, 0) is 34.0 Å². The van der Waals surface area contributed by atoms with Crippen LogP contribution in [0, 0.1) is 0 Å². The maximum atomic E-state index is 12.8. The van der Waals surface area contributed by atoms with Crippen molar-refractivity contribution >= 4 is 37.0 Å². The number of hydrogen-bond acceptors (Lipinski definition) is 5. The summed E-state index contributed by atoms with van der Waals surface area (Å²) in [4.78, 5) is 12.1. The lowest BCUT2D eigenvalue weighted by Gasteiger charge is -2.10. The van der Waals surface area contributed by atoms with E-state index >= 15 is 0 Å². The van der Waals surface area contributed by atoms with Crippen LogP contribution in [0.25, 0.3) is 11.0 Å². The molecule has 8 nitrogen and oxygen atoms in total. The number of aromatic nitrogens is 3. The van der Waals surface area contributed by atoms with Gasteiger partial charge in [-0.2, -0.15) is 0 Å². The van der Waals surface area contributed by atoms with E-state index in [0.717, 1.165) is 0 Å². The van der Waals surface area contributed by atoms with Gasteiger partial charge in [0.2, 0.25) is 10.0 Å². The third-order valence-corrected chi connectivity index (χ3v) is 6.65. The second kappa shape index (κ2) is 6.67. The molecule has 0 atom stereocenters. The molecule has 0 fully saturated rings. The third kappa shape index (κ3) is 3.12. The van der Waals surface area contributed by atoms with Crippen LogP contribution in [0.1, 0.15) is 31.0 Å². The molecule has 140 valence electrons. The van der Waals surface area contributed by atoms with Gasteiger partial charge in [0, 0.05) is 30.7 Å². The number of nitrogens with zero attached hydrogens (tertiary/aromatic N) is 3. The first kappa shape index (κ1) is 18.9. The fourth-order valence-electron chi connectivity index (χ4n) is 2.83. The molecular formula is C16H19BrN4O4S. The Bertz CT molecular complexity index is 1140. The molecular weight excluding hydrogens is 424 g/mol. The minimum atomic E-state index is -3.81. The van der Waals surface area contributed by atoms with E-state index in [1.54, 1.807) is 20.2 Å².